The summed E-state index contributed by atoms with van der Waals surface area (Å²) in [6.45, 7) is 0. The Hall–Kier alpha value is -3.85. The van der Waals surface area contributed by atoms with Crippen molar-refractivity contribution in [2.45, 2.75) is 12.5 Å². The lowest BCUT2D eigenvalue weighted by Gasteiger charge is -2.13. The van der Waals surface area contributed by atoms with Crippen molar-refractivity contribution >= 4 is 5.69 Å². The van der Waals surface area contributed by atoms with Crippen LogP contribution in [0.5, 0.6) is 0 Å². The van der Waals surface area contributed by atoms with Crippen molar-refractivity contribution in [3.63, 3.8) is 0 Å². The first-order valence-corrected chi connectivity index (χ1v) is 8.90. The minimum Gasteiger partial charge on any atom is -0.388 e. The highest BCUT2D eigenvalue weighted by molar-refractivity contribution is 5.66. The fraction of sp³-hybridized carbons (Fsp3) is 0.150. The second-order valence-corrected chi connectivity index (χ2v) is 6.65. The van der Waals surface area contributed by atoms with E-state index >= 15 is 0 Å². The normalized spacial score (nSPS) is 12.1. The maximum Gasteiger partial charge on any atom is 0.273 e. The van der Waals surface area contributed by atoms with E-state index in [-0.39, 0.29) is 12.1 Å². The molecule has 0 aliphatic heterocycles. The van der Waals surface area contributed by atoms with Crippen LogP contribution >= 0.6 is 0 Å². The van der Waals surface area contributed by atoms with Gasteiger partial charge in [-0.1, -0.05) is 24.3 Å². The number of aliphatic hydroxyl groups excluding tert-OH is 1. The van der Waals surface area contributed by atoms with Gasteiger partial charge in [-0.2, -0.15) is 10.2 Å². The number of hydrogen-bond acceptors (Lipinski definition) is 6. The van der Waals surface area contributed by atoms with Crippen molar-refractivity contribution in [1.82, 2.24) is 24.5 Å². The Labute approximate surface area is 166 Å². The summed E-state index contributed by atoms with van der Waals surface area (Å²) in [5.74, 6) is 0. The molecule has 146 valence electrons. The Morgan fingerprint density at radius 3 is 2.55 bits per heavy atom. The van der Waals surface area contributed by atoms with Gasteiger partial charge in [0.15, 0.2) is 0 Å². The number of aryl methyl sites for hydroxylation is 1. The maximum atomic E-state index is 11.6. The summed E-state index contributed by atoms with van der Waals surface area (Å²) in [6.07, 6.45) is 5.74. The first-order valence-electron chi connectivity index (χ1n) is 8.90. The molecule has 1 N–H and O–H groups in total. The molecule has 0 aliphatic rings. The molecule has 0 aliphatic carbocycles. The highest BCUT2D eigenvalue weighted by atomic mass is 16.6. The molecule has 0 unspecified atom stereocenters. The average Bonchev–Trinajstić information content (AvgIpc) is 3.40. The Morgan fingerprint density at radius 1 is 1.14 bits per heavy atom. The van der Waals surface area contributed by atoms with Crippen LogP contribution in [0.1, 0.15) is 17.2 Å². The molecule has 29 heavy (non-hydrogen) atoms. The molecule has 2 aromatic carbocycles. The third-order valence-corrected chi connectivity index (χ3v) is 4.69. The monoisotopic (exact) mass is 390 g/mol. The number of aliphatic hydroxyl groups is 1. The van der Waals surface area contributed by atoms with Gasteiger partial charge in [0.1, 0.15) is 12.7 Å². The van der Waals surface area contributed by atoms with Crippen LogP contribution in [0.25, 0.3) is 16.8 Å². The van der Waals surface area contributed by atoms with Gasteiger partial charge in [-0.05, 0) is 23.3 Å². The van der Waals surface area contributed by atoms with Crippen molar-refractivity contribution in [3.8, 4) is 16.8 Å². The standard InChI is InChI=1S/C20H18N6O3/c1-24-11-17(10-22-24)15-2-3-16(19(8-15)26(28)29)9-20(27)14-4-6-18(7-5-14)25-13-21-12-23-25/h2-8,10-13,20,27H,9H2,1H3/t20-/m0/s1. The predicted octanol–water partition coefficient (Wildman–Crippen LogP) is 2.85. The number of benzene rings is 2. The van der Waals surface area contributed by atoms with Crippen LogP contribution < -0.4 is 0 Å². The summed E-state index contributed by atoms with van der Waals surface area (Å²) in [5, 5.41) is 30.4. The quantitative estimate of drug-likeness (QED) is 0.400. The summed E-state index contributed by atoms with van der Waals surface area (Å²) >= 11 is 0. The largest absolute Gasteiger partial charge is 0.388 e. The van der Waals surface area contributed by atoms with Gasteiger partial charge in [0.25, 0.3) is 5.69 Å². The van der Waals surface area contributed by atoms with Crippen LogP contribution in [-0.4, -0.2) is 34.6 Å². The Kier molecular flexibility index (Phi) is 4.88. The van der Waals surface area contributed by atoms with Crippen molar-refractivity contribution in [1.29, 1.82) is 0 Å². The van der Waals surface area contributed by atoms with Crippen LogP contribution in [0, 0.1) is 10.1 Å². The highest BCUT2D eigenvalue weighted by Gasteiger charge is 2.19. The summed E-state index contributed by atoms with van der Waals surface area (Å²) in [6, 6.07) is 12.2. The molecule has 0 fully saturated rings. The Morgan fingerprint density at radius 2 is 1.93 bits per heavy atom. The molecule has 9 nitrogen and oxygen atoms in total. The van der Waals surface area contributed by atoms with E-state index in [2.05, 4.69) is 15.2 Å². The summed E-state index contributed by atoms with van der Waals surface area (Å²) < 4.78 is 3.25. The van der Waals surface area contributed by atoms with Gasteiger partial charge >= 0.3 is 0 Å². The van der Waals surface area contributed by atoms with E-state index in [4.69, 9.17) is 0 Å². The number of nitro groups is 1. The van der Waals surface area contributed by atoms with E-state index in [1.807, 2.05) is 12.1 Å². The molecule has 2 heterocycles. The highest BCUT2D eigenvalue weighted by Crippen LogP contribution is 2.30. The zero-order valence-electron chi connectivity index (χ0n) is 15.6. The molecule has 0 radical (unpaired) electrons. The molecule has 1 atom stereocenters. The number of rotatable bonds is 6. The number of aromatic nitrogens is 5. The smallest absolute Gasteiger partial charge is 0.273 e. The van der Waals surface area contributed by atoms with Gasteiger partial charge in [0.2, 0.25) is 0 Å². The van der Waals surface area contributed by atoms with E-state index in [0.717, 1.165) is 11.3 Å². The van der Waals surface area contributed by atoms with Gasteiger partial charge < -0.3 is 5.11 Å². The first kappa shape index (κ1) is 18.5. The van der Waals surface area contributed by atoms with Crippen LogP contribution in [0.3, 0.4) is 0 Å². The fourth-order valence-electron chi connectivity index (χ4n) is 3.17. The van der Waals surface area contributed by atoms with Crippen LogP contribution in [-0.2, 0) is 13.5 Å². The molecule has 0 saturated carbocycles. The average molecular weight is 390 g/mol. The van der Waals surface area contributed by atoms with Crippen molar-refractivity contribution in [2.24, 2.45) is 7.05 Å². The topological polar surface area (TPSA) is 112 Å². The summed E-state index contributed by atoms with van der Waals surface area (Å²) in [4.78, 5) is 15.1. The van der Waals surface area contributed by atoms with Crippen LogP contribution in [0.4, 0.5) is 5.69 Å². The third-order valence-electron chi connectivity index (χ3n) is 4.69. The minimum atomic E-state index is -0.872. The minimum absolute atomic E-state index is 0.0235. The molecule has 0 bridgehead atoms. The van der Waals surface area contributed by atoms with Crippen molar-refractivity contribution in [2.75, 3.05) is 0 Å². The van der Waals surface area contributed by atoms with E-state index in [0.29, 0.717) is 16.7 Å². The molecular weight excluding hydrogens is 372 g/mol. The maximum absolute atomic E-state index is 11.6. The van der Waals surface area contributed by atoms with E-state index < -0.39 is 11.0 Å². The number of nitrogens with zero attached hydrogens (tertiary/aromatic N) is 6. The zero-order valence-corrected chi connectivity index (χ0v) is 15.6. The lowest BCUT2D eigenvalue weighted by atomic mass is 9.97. The molecule has 2 aromatic heterocycles. The summed E-state index contributed by atoms with van der Waals surface area (Å²) in [7, 11) is 1.79. The molecular formula is C20H18N6O3. The molecule has 0 saturated heterocycles. The Balaban J connectivity index is 1.57. The predicted molar refractivity (Wildman–Crippen MR) is 105 cm³/mol. The number of nitro benzene ring substituents is 1. The lowest BCUT2D eigenvalue weighted by Crippen LogP contribution is -2.05. The van der Waals surface area contributed by atoms with E-state index in [9.17, 15) is 15.2 Å². The van der Waals surface area contributed by atoms with E-state index in [1.165, 1.54) is 12.4 Å². The Bertz CT molecular complexity index is 1140. The molecule has 0 amide bonds. The SMILES string of the molecule is Cn1cc(-c2ccc(C[C@H](O)c3ccc(-n4cncn4)cc3)c([N+](=O)[O-])c2)cn1. The van der Waals surface area contributed by atoms with E-state index in [1.54, 1.807) is 59.4 Å². The van der Waals surface area contributed by atoms with Gasteiger partial charge in [-0.3, -0.25) is 14.8 Å². The van der Waals surface area contributed by atoms with Crippen molar-refractivity contribution < 1.29 is 10.0 Å². The molecule has 4 rings (SSSR count). The zero-order chi connectivity index (χ0) is 20.4. The van der Waals surface area contributed by atoms with Crippen LogP contribution in [0.2, 0.25) is 0 Å². The second-order valence-electron chi connectivity index (χ2n) is 6.65. The first-order chi connectivity index (χ1) is 14.0. The van der Waals surface area contributed by atoms with Gasteiger partial charge in [0.05, 0.1) is 22.9 Å². The lowest BCUT2D eigenvalue weighted by molar-refractivity contribution is -0.385. The summed E-state index contributed by atoms with van der Waals surface area (Å²) in [5.41, 5.74) is 3.43. The second kappa shape index (κ2) is 7.64. The van der Waals surface area contributed by atoms with Gasteiger partial charge in [-0.25, -0.2) is 9.67 Å². The third kappa shape index (κ3) is 3.90. The fourth-order valence-corrected chi connectivity index (χ4v) is 3.17. The van der Waals surface area contributed by atoms with Gasteiger partial charge in [-0.15, -0.1) is 0 Å². The number of hydrogen-bond donors (Lipinski definition) is 1. The van der Waals surface area contributed by atoms with Crippen LogP contribution in [0.15, 0.2) is 67.5 Å². The molecule has 4 aromatic rings. The van der Waals surface area contributed by atoms with Gasteiger partial charge in [0, 0.05) is 36.9 Å². The molecule has 9 heteroatoms. The van der Waals surface area contributed by atoms with Crippen molar-refractivity contribution in [3.05, 3.63) is 88.8 Å². The molecule has 0 spiro atoms.